The van der Waals surface area contributed by atoms with E-state index in [1.807, 2.05) is 30.3 Å². The minimum absolute atomic E-state index is 0.0818. The molecule has 1 amide bonds. The maximum absolute atomic E-state index is 13.4. The van der Waals surface area contributed by atoms with Gasteiger partial charge in [0.05, 0.1) is 6.10 Å². The normalized spacial score (nSPS) is 12.0. The topological polar surface area (TPSA) is 49.3 Å². The van der Waals surface area contributed by atoms with Crippen LogP contribution in [0.5, 0.6) is 0 Å². The highest BCUT2D eigenvalue weighted by molar-refractivity contribution is 5.94. The zero-order valence-corrected chi connectivity index (χ0v) is 11.2. The SMILES string of the molecule is O=C(NCC(O)Cc1ccccc1)c1c(F)cccc1F. The quantitative estimate of drug-likeness (QED) is 0.888. The molecule has 1 atom stereocenters. The molecule has 21 heavy (non-hydrogen) atoms. The summed E-state index contributed by atoms with van der Waals surface area (Å²) in [6.45, 7) is -0.0818. The van der Waals surface area contributed by atoms with Crippen LogP contribution in [0.3, 0.4) is 0 Å². The molecular formula is C16H15F2NO2. The minimum atomic E-state index is -0.926. The number of carbonyl (C=O) groups excluding carboxylic acids is 1. The summed E-state index contributed by atoms with van der Waals surface area (Å²) in [5.74, 6) is -2.73. The van der Waals surface area contributed by atoms with Crippen molar-refractivity contribution in [2.24, 2.45) is 0 Å². The van der Waals surface area contributed by atoms with Gasteiger partial charge in [-0.25, -0.2) is 8.78 Å². The Balaban J connectivity index is 1.92. The van der Waals surface area contributed by atoms with Crippen LogP contribution in [0.4, 0.5) is 8.78 Å². The Morgan fingerprint density at radius 1 is 1.05 bits per heavy atom. The fraction of sp³-hybridized carbons (Fsp3) is 0.188. The van der Waals surface area contributed by atoms with E-state index in [0.29, 0.717) is 6.42 Å². The standard InChI is InChI=1S/C16H15F2NO2/c17-13-7-4-8-14(18)15(13)16(21)19-10-12(20)9-11-5-2-1-3-6-11/h1-8,12,20H,9-10H2,(H,19,21). The van der Waals surface area contributed by atoms with Gasteiger partial charge in [-0.3, -0.25) is 4.79 Å². The summed E-state index contributed by atoms with van der Waals surface area (Å²) in [4.78, 5) is 11.7. The number of aliphatic hydroxyl groups excluding tert-OH is 1. The lowest BCUT2D eigenvalue weighted by molar-refractivity contribution is 0.0907. The van der Waals surface area contributed by atoms with Crippen LogP contribution < -0.4 is 5.32 Å². The molecular weight excluding hydrogens is 276 g/mol. The van der Waals surface area contributed by atoms with Gasteiger partial charge in [-0.2, -0.15) is 0 Å². The average Bonchev–Trinajstić information content (AvgIpc) is 2.46. The van der Waals surface area contributed by atoms with Crippen molar-refractivity contribution in [2.75, 3.05) is 6.54 Å². The second kappa shape index (κ2) is 6.95. The number of aliphatic hydroxyl groups is 1. The molecule has 0 aliphatic heterocycles. The van der Waals surface area contributed by atoms with E-state index in [4.69, 9.17) is 0 Å². The first kappa shape index (κ1) is 15.1. The van der Waals surface area contributed by atoms with Gasteiger partial charge in [-0.15, -0.1) is 0 Å². The molecule has 0 radical (unpaired) electrons. The first-order valence-electron chi connectivity index (χ1n) is 6.52. The number of carbonyl (C=O) groups is 1. The lowest BCUT2D eigenvalue weighted by Crippen LogP contribution is -2.34. The van der Waals surface area contributed by atoms with E-state index in [9.17, 15) is 18.7 Å². The number of hydrogen-bond acceptors (Lipinski definition) is 2. The third-order valence-electron chi connectivity index (χ3n) is 3.00. The Morgan fingerprint density at radius 2 is 1.67 bits per heavy atom. The van der Waals surface area contributed by atoms with Crippen molar-refractivity contribution in [3.8, 4) is 0 Å². The van der Waals surface area contributed by atoms with Crippen LogP contribution in [0.2, 0.25) is 0 Å². The molecule has 2 aromatic rings. The van der Waals surface area contributed by atoms with Crippen LogP contribution in [0.25, 0.3) is 0 Å². The number of rotatable bonds is 5. The van der Waals surface area contributed by atoms with Gasteiger partial charge in [0.1, 0.15) is 17.2 Å². The Hall–Kier alpha value is -2.27. The Bertz CT molecular complexity index is 597. The first-order chi connectivity index (χ1) is 10.1. The monoisotopic (exact) mass is 291 g/mol. The molecule has 1 unspecified atom stereocenters. The van der Waals surface area contributed by atoms with Crippen LogP contribution in [0.1, 0.15) is 15.9 Å². The van der Waals surface area contributed by atoms with Crippen molar-refractivity contribution in [3.05, 3.63) is 71.3 Å². The maximum atomic E-state index is 13.4. The second-order valence-electron chi connectivity index (χ2n) is 4.65. The molecule has 5 heteroatoms. The summed E-state index contributed by atoms with van der Waals surface area (Å²) >= 11 is 0. The molecule has 0 saturated carbocycles. The predicted octanol–water partition coefficient (Wildman–Crippen LogP) is 2.30. The van der Waals surface area contributed by atoms with Crippen molar-refractivity contribution in [1.82, 2.24) is 5.32 Å². The van der Waals surface area contributed by atoms with E-state index in [1.165, 1.54) is 6.07 Å². The zero-order chi connectivity index (χ0) is 15.2. The van der Waals surface area contributed by atoms with Gasteiger partial charge in [0, 0.05) is 13.0 Å². The largest absolute Gasteiger partial charge is 0.391 e. The highest BCUT2D eigenvalue weighted by Crippen LogP contribution is 2.11. The minimum Gasteiger partial charge on any atom is -0.391 e. The number of hydrogen-bond donors (Lipinski definition) is 2. The summed E-state index contributed by atoms with van der Waals surface area (Å²) < 4.78 is 26.8. The van der Waals surface area contributed by atoms with Gasteiger partial charge in [0.25, 0.3) is 5.91 Å². The zero-order valence-electron chi connectivity index (χ0n) is 11.2. The fourth-order valence-corrected chi connectivity index (χ4v) is 1.97. The molecule has 3 nitrogen and oxygen atoms in total. The molecule has 0 bridgehead atoms. The molecule has 0 fully saturated rings. The van der Waals surface area contributed by atoms with Crippen LogP contribution in [-0.2, 0) is 6.42 Å². The van der Waals surface area contributed by atoms with Gasteiger partial charge in [0.2, 0.25) is 0 Å². The third-order valence-corrected chi connectivity index (χ3v) is 3.00. The molecule has 2 N–H and O–H groups in total. The van der Waals surface area contributed by atoms with Crippen LogP contribution in [0, 0.1) is 11.6 Å². The number of amides is 1. The maximum Gasteiger partial charge on any atom is 0.257 e. The number of benzene rings is 2. The number of nitrogens with one attached hydrogen (secondary N) is 1. The van der Waals surface area contributed by atoms with Gasteiger partial charge in [-0.1, -0.05) is 36.4 Å². The van der Waals surface area contributed by atoms with Crippen LogP contribution in [-0.4, -0.2) is 23.7 Å². The van der Waals surface area contributed by atoms with Crippen molar-refractivity contribution in [3.63, 3.8) is 0 Å². The molecule has 0 heterocycles. The fourth-order valence-electron chi connectivity index (χ4n) is 1.97. The lowest BCUT2D eigenvalue weighted by atomic mass is 10.1. The Morgan fingerprint density at radius 3 is 2.29 bits per heavy atom. The third kappa shape index (κ3) is 4.10. The van der Waals surface area contributed by atoms with Crippen molar-refractivity contribution in [2.45, 2.75) is 12.5 Å². The summed E-state index contributed by atoms with van der Waals surface area (Å²) in [6, 6.07) is 12.5. The lowest BCUT2D eigenvalue weighted by Gasteiger charge is -2.12. The molecule has 2 rings (SSSR count). The van der Waals surface area contributed by atoms with Crippen LogP contribution >= 0.6 is 0 Å². The molecule has 0 saturated heterocycles. The highest BCUT2D eigenvalue weighted by atomic mass is 19.1. The smallest absolute Gasteiger partial charge is 0.257 e. The summed E-state index contributed by atoms with van der Waals surface area (Å²) in [5, 5.41) is 12.2. The van der Waals surface area contributed by atoms with E-state index in [0.717, 1.165) is 17.7 Å². The molecule has 0 spiro atoms. The second-order valence-corrected chi connectivity index (χ2v) is 4.65. The summed E-state index contributed by atoms with van der Waals surface area (Å²) in [5.41, 5.74) is 0.278. The predicted molar refractivity (Wildman–Crippen MR) is 74.8 cm³/mol. The number of halogens is 2. The van der Waals surface area contributed by atoms with Crippen LogP contribution in [0.15, 0.2) is 48.5 Å². The summed E-state index contributed by atoms with van der Waals surface area (Å²) in [7, 11) is 0. The van der Waals surface area contributed by atoms with Gasteiger partial charge >= 0.3 is 0 Å². The summed E-state index contributed by atoms with van der Waals surface area (Å²) in [6.07, 6.45) is -0.480. The van der Waals surface area contributed by atoms with Gasteiger partial charge in [-0.05, 0) is 17.7 Å². The van der Waals surface area contributed by atoms with Gasteiger partial charge < -0.3 is 10.4 Å². The van der Waals surface area contributed by atoms with Gasteiger partial charge in [0.15, 0.2) is 0 Å². The van der Waals surface area contributed by atoms with E-state index in [1.54, 1.807) is 0 Å². The molecule has 0 aromatic heterocycles. The van der Waals surface area contributed by atoms with E-state index >= 15 is 0 Å². The molecule has 0 aliphatic carbocycles. The molecule has 110 valence electrons. The van der Waals surface area contributed by atoms with Crippen molar-refractivity contribution >= 4 is 5.91 Å². The first-order valence-corrected chi connectivity index (χ1v) is 6.52. The Kier molecular flexibility index (Phi) is 5.00. The molecule has 2 aromatic carbocycles. The van der Waals surface area contributed by atoms with E-state index < -0.39 is 29.2 Å². The van der Waals surface area contributed by atoms with E-state index in [-0.39, 0.29) is 6.54 Å². The van der Waals surface area contributed by atoms with E-state index in [2.05, 4.69) is 5.32 Å². The van der Waals surface area contributed by atoms with Crippen molar-refractivity contribution in [1.29, 1.82) is 0 Å². The molecule has 0 aliphatic rings. The highest BCUT2D eigenvalue weighted by Gasteiger charge is 2.17. The average molecular weight is 291 g/mol. The van der Waals surface area contributed by atoms with Crippen molar-refractivity contribution < 1.29 is 18.7 Å². The Labute approximate surface area is 121 Å².